The van der Waals surface area contributed by atoms with Gasteiger partial charge < -0.3 is 10.1 Å². The SMILES string of the molecule is C#CC(=O)C1(NC(=O)OC(C)(C)C)CCC1. The predicted octanol–water partition coefficient (Wildman–Crippen LogP) is 1.64. The van der Waals surface area contributed by atoms with Crippen molar-refractivity contribution in [3.8, 4) is 12.3 Å². The minimum absolute atomic E-state index is 0.371. The molecule has 1 rings (SSSR count). The van der Waals surface area contributed by atoms with E-state index in [9.17, 15) is 9.59 Å². The summed E-state index contributed by atoms with van der Waals surface area (Å²) in [5, 5.41) is 2.58. The first kappa shape index (κ1) is 12.6. The lowest BCUT2D eigenvalue weighted by Gasteiger charge is -2.39. The van der Waals surface area contributed by atoms with Crippen molar-refractivity contribution >= 4 is 11.9 Å². The summed E-state index contributed by atoms with van der Waals surface area (Å²) in [5.74, 6) is 1.70. The second-order valence-corrected chi connectivity index (χ2v) is 5.04. The topological polar surface area (TPSA) is 55.4 Å². The number of amides is 1. The summed E-state index contributed by atoms with van der Waals surface area (Å²) >= 11 is 0. The molecular formula is C12H17NO3. The molecule has 4 nitrogen and oxygen atoms in total. The third-order valence-corrected chi connectivity index (χ3v) is 2.51. The Morgan fingerprint density at radius 2 is 1.94 bits per heavy atom. The second kappa shape index (κ2) is 4.17. The first-order valence-corrected chi connectivity index (χ1v) is 5.31. The highest BCUT2D eigenvalue weighted by Gasteiger charge is 2.45. The van der Waals surface area contributed by atoms with Crippen LogP contribution in [0.2, 0.25) is 0 Å². The van der Waals surface area contributed by atoms with Crippen LogP contribution in [0.4, 0.5) is 4.79 Å². The highest BCUT2D eigenvalue weighted by atomic mass is 16.6. The molecule has 1 aliphatic rings. The van der Waals surface area contributed by atoms with Crippen molar-refractivity contribution in [2.75, 3.05) is 0 Å². The Kier molecular flexibility index (Phi) is 3.27. The number of rotatable bonds is 2. The maximum absolute atomic E-state index is 11.5. The fraction of sp³-hybridized carbons (Fsp3) is 0.667. The quantitative estimate of drug-likeness (QED) is 0.572. The molecule has 1 N–H and O–H groups in total. The highest BCUT2D eigenvalue weighted by Crippen LogP contribution is 2.32. The molecule has 0 unspecified atom stereocenters. The van der Waals surface area contributed by atoms with Gasteiger partial charge in [0.15, 0.2) is 0 Å². The predicted molar refractivity (Wildman–Crippen MR) is 59.8 cm³/mol. The molecule has 1 saturated carbocycles. The maximum Gasteiger partial charge on any atom is 0.408 e. The van der Waals surface area contributed by atoms with Crippen LogP contribution in [-0.4, -0.2) is 23.0 Å². The lowest BCUT2D eigenvalue weighted by atomic mass is 9.74. The van der Waals surface area contributed by atoms with Gasteiger partial charge in [-0.25, -0.2) is 4.79 Å². The van der Waals surface area contributed by atoms with Crippen LogP contribution >= 0.6 is 0 Å². The van der Waals surface area contributed by atoms with Crippen LogP contribution in [0.3, 0.4) is 0 Å². The van der Waals surface area contributed by atoms with Crippen molar-refractivity contribution < 1.29 is 14.3 Å². The van der Waals surface area contributed by atoms with Crippen LogP contribution in [-0.2, 0) is 9.53 Å². The van der Waals surface area contributed by atoms with Crippen molar-refractivity contribution in [2.24, 2.45) is 0 Å². The molecule has 0 radical (unpaired) electrons. The molecule has 1 fully saturated rings. The Bertz CT molecular complexity index is 342. The maximum atomic E-state index is 11.5. The number of hydrogen-bond acceptors (Lipinski definition) is 3. The normalized spacial score (nSPS) is 17.9. The Balaban J connectivity index is 2.62. The number of Topliss-reactive ketones (excluding diaryl/α,β-unsaturated/α-hetero) is 1. The van der Waals surface area contributed by atoms with E-state index < -0.39 is 17.2 Å². The van der Waals surface area contributed by atoms with Crippen LogP contribution in [0.15, 0.2) is 0 Å². The molecule has 16 heavy (non-hydrogen) atoms. The molecule has 0 bridgehead atoms. The molecule has 0 aromatic heterocycles. The van der Waals surface area contributed by atoms with Gasteiger partial charge in [0.25, 0.3) is 0 Å². The number of carbonyl (C=O) groups excluding carboxylic acids is 2. The van der Waals surface area contributed by atoms with Crippen LogP contribution in [0.1, 0.15) is 40.0 Å². The van der Waals surface area contributed by atoms with E-state index >= 15 is 0 Å². The molecule has 0 atom stereocenters. The van der Waals surface area contributed by atoms with Crippen molar-refractivity contribution in [2.45, 2.75) is 51.2 Å². The van der Waals surface area contributed by atoms with E-state index in [-0.39, 0.29) is 5.78 Å². The van der Waals surface area contributed by atoms with Gasteiger partial charge in [-0.05, 0) is 46.0 Å². The molecule has 0 aromatic carbocycles. The monoisotopic (exact) mass is 223 g/mol. The summed E-state index contributed by atoms with van der Waals surface area (Å²) in [7, 11) is 0. The Labute approximate surface area is 95.7 Å². The largest absolute Gasteiger partial charge is 0.444 e. The number of ketones is 1. The van der Waals surface area contributed by atoms with Crippen LogP contribution in [0, 0.1) is 12.3 Å². The highest BCUT2D eigenvalue weighted by molar-refractivity contribution is 6.04. The standard InChI is InChI=1S/C12H17NO3/c1-5-9(14)12(7-6-8-12)13-10(15)16-11(2,3)4/h1H,6-8H2,2-4H3,(H,13,15). The Morgan fingerprint density at radius 3 is 2.25 bits per heavy atom. The summed E-state index contributed by atoms with van der Waals surface area (Å²) in [6.07, 6.45) is 6.57. The lowest BCUT2D eigenvalue weighted by molar-refractivity contribution is -0.123. The Hall–Kier alpha value is -1.50. The summed E-state index contributed by atoms with van der Waals surface area (Å²) < 4.78 is 5.09. The minimum atomic E-state index is -0.878. The van der Waals surface area contributed by atoms with Crippen molar-refractivity contribution in [1.82, 2.24) is 5.32 Å². The smallest absolute Gasteiger partial charge is 0.408 e. The van der Waals surface area contributed by atoms with Gasteiger partial charge in [-0.1, -0.05) is 0 Å². The van der Waals surface area contributed by atoms with E-state index in [2.05, 4.69) is 11.2 Å². The van der Waals surface area contributed by atoms with Gasteiger partial charge in [-0.3, -0.25) is 4.79 Å². The Morgan fingerprint density at radius 1 is 1.38 bits per heavy atom. The molecule has 1 aliphatic carbocycles. The summed E-state index contributed by atoms with van der Waals surface area (Å²) in [6.45, 7) is 5.30. The molecule has 0 saturated heterocycles. The number of hydrogen-bond donors (Lipinski definition) is 1. The summed E-state index contributed by atoms with van der Waals surface area (Å²) in [5.41, 5.74) is -1.45. The van der Waals surface area contributed by atoms with E-state index in [1.807, 2.05) is 0 Å². The summed E-state index contributed by atoms with van der Waals surface area (Å²) in [6, 6.07) is 0. The first-order chi connectivity index (χ1) is 7.29. The van der Waals surface area contributed by atoms with E-state index in [0.29, 0.717) is 12.8 Å². The van der Waals surface area contributed by atoms with Crippen molar-refractivity contribution in [3.63, 3.8) is 0 Å². The molecule has 0 aromatic rings. The fourth-order valence-corrected chi connectivity index (χ4v) is 1.58. The average molecular weight is 223 g/mol. The molecule has 88 valence electrons. The van der Waals surface area contributed by atoms with Gasteiger partial charge >= 0.3 is 6.09 Å². The van der Waals surface area contributed by atoms with Crippen molar-refractivity contribution in [3.05, 3.63) is 0 Å². The minimum Gasteiger partial charge on any atom is -0.444 e. The second-order valence-electron chi connectivity index (χ2n) is 5.04. The van der Waals surface area contributed by atoms with E-state index in [1.165, 1.54) is 0 Å². The van der Waals surface area contributed by atoms with Gasteiger partial charge in [0.1, 0.15) is 11.1 Å². The number of terminal acetylenes is 1. The number of nitrogens with one attached hydrogen (secondary N) is 1. The van der Waals surface area contributed by atoms with Gasteiger partial charge in [-0.2, -0.15) is 0 Å². The zero-order valence-electron chi connectivity index (χ0n) is 9.92. The fourth-order valence-electron chi connectivity index (χ4n) is 1.58. The third-order valence-electron chi connectivity index (χ3n) is 2.51. The number of alkyl carbamates (subject to hydrolysis) is 1. The molecule has 0 spiro atoms. The van der Waals surface area contributed by atoms with Crippen LogP contribution in [0.25, 0.3) is 0 Å². The van der Waals surface area contributed by atoms with Gasteiger partial charge in [0.2, 0.25) is 5.78 Å². The third kappa shape index (κ3) is 2.75. The summed E-state index contributed by atoms with van der Waals surface area (Å²) in [4.78, 5) is 23.0. The van der Waals surface area contributed by atoms with Gasteiger partial charge in [0, 0.05) is 0 Å². The van der Waals surface area contributed by atoms with E-state index in [0.717, 1.165) is 6.42 Å². The van der Waals surface area contributed by atoms with E-state index in [4.69, 9.17) is 11.2 Å². The van der Waals surface area contributed by atoms with E-state index in [1.54, 1.807) is 20.8 Å². The average Bonchev–Trinajstić information content (AvgIpc) is 2.07. The molecule has 0 heterocycles. The van der Waals surface area contributed by atoms with Crippen LogP contribution < -0.4 is 5.32 Å². The zero-order chi connectivity index (χ0) is 12.4. The molecular weight excluding hydrogens is 206 g/mol. The number of ether oxygens (including phenoxy) is 1. The number of carbonyl (C=O) groups is 2. The molecule has 0 aliphatic heterocycles. The van der Waals surface area contributed by atoms with Gasteiger partial charge in [-0.15, -0.1) is 6.42 Å². The lowest BCUT2D eigenvalue weighted by Crippen LogP contribution is -2.59. The van der Waals surface area contributed by atoms with Crippen LogP contribution in [0.5, 0.6) is 0 Å². The first-order valence-electron chi connectivity index (χ1n) is 5.31. The van der Waals surface area contributed by atoms with Crippen molar-refractivity contribution in [1.29, 1.82) is 0 Å². The molecule has 4 heteroatoms. The zero-order valence-corrected chi connectivity index (χ0v) is 9.92. The van der Waals surface area contributed by atoms with Gasteiger partial charge in [0.05, 0.1) is 0 Å². The molecule has 1 amide bonds.